The van der Waals surface area contributed by atoms with Gasteiger partial charge in [-0.3, -0.25) is 4.79 Å². The van der Waals surface area contributed by atoms with Gasteiger partial charge in [-0.25, -0.2) is 4.98 Å². The number of aromatic nitrogens is 2. The van der Waals surface area contributed by atoms with Gasteiger partial charge >= 0.3 is 0 Å². The second-order valence-electron chi connectivity index (χ2n) is 3.99. The standard InChI is InChI=1S/C13H14N2O/c1-8-5-4-6-11(7-8)12-9(2)13(16)15-10(3)14-12/h4-7H,1-3H3,(H,14,15,16). The minimum absolute atomic E-state index is 0.0657. The third kappa shape index (κ3) is 1.89. The molecule has 3 heteroatoms. The Kier molecular flexibility index (Phi) is 2.60. The third-order valence-corrected chi connectivity index (χ3v) is 2.56. The van der Waals surface area contributed by atoms with E-state index in [0.29, 0.717) is 11.4 Å². The molecule has 0 amide bonds. The van der Waals surface area contributed by atoms with E-state index in [1.807, 2.05) is 31.2 Å². The Balaban J connectivity index is 2.69. The number of rotatable bonds is 1. The van der Waals surface area contributed by atoms with Gasteiger partial charge in [-0.15, -0.1) is 0 Å². The third-order valence-electron chi connectivity index (χ3n) is 2.56. The zero-order chi connectivity index (χ0) is 11.7. The maximum atomic E-state index is 11.6. The van der Waals surface area contributed by atoms with E-state index < -0.39 is 0 Å². The Bertz CT molecular complexity index is 585. The summed E-state index contributed by atoms with van der Waals surface area (Å²) >= 11 is 0. The molecule has 1 heterocycles. The molecular weight excluding hydrogens is 200 g/mol. The van der Waals surface area contributed by atoms with Crippen LogP contribution >= 0.6 is 0 Å². The van der Waals surface area contributed by atoms with Crippen LogP contribution in [0.1, 0.15) is 17.0 Å². The number of benzene rings is 1. The largest absolute Gasteiger partial charge is 0.311 e. The van der Waals surface area contributed by atoms with Gasteiger partial charge in [0, 0.05) is 11.1 Å². The molecule has 0 aliphatic carbocycles. The van der Waals surface area contributed by atoms with Gasteiger partial charge in [0.1, 0.15) is 5.82 Å². The highest BCUT2D eigenvalue weighted by atomic mass is 16.1. The lowest BCUT2D eigenvalue weighted by Gasteiger charge is -2.06. The lowest BCUT2D eigenvalue weighted by Crippen LogP contribution is -2.14. The van der Waals surface area contributed by atoms with Gasteiger partial charge in [-0.1, -0.05) is 23.8 Å². The van der Waals surface area contributed by atoms with Crippen molar-refractivity contribution in [2.75, 3.05) is 0 Å². The van der Waals surface area contributed by atoms with Crippen molar-refractivity contribution in [1.29, 1.82) is 0 Å². The molecule has 16 heavy (non-hydrogen) atoms. The van der Waals surface area contributed by atoms with E-state index in [0.717, 1.165) is 16.8 Å². The van der Waals surface area contributed by atoms with Gasteiger partial charge in [-0.2, -0.15) is 0 Å². The van der Waals surface area contributed by atoms with Crippen molar-refractivity contribution >= 4 is 0 Å². The van der Waals surface area contributed by atoms with Crippen LogP contribution in [0.25, 0.3) is 11.3 Å². The molecule has 0 aliphatic heterocycles. The highest BCUT2D eigenvalue weighted by Crippen LogP contribution is 2.19. The molecule has 0 spiro atoms. The Morgan fingerprint density at radius 3 is 2.62 bits per heavy atom. The maximum absolute atomic E-state index is 11.6. The molecule has 0 aliphatic rings. The predicted octanol–water partition coefficient (Wildman–Crippen LogP) is 2.36. The van der Waals surface area contributed by atoms with E-state index in [2.05, 4.69) is 9.97 Å². The van der Waals surface area contributed by atoms with Crippen molar-refractivity contribution < 1.29 is 0 Å². The van der Waals surface area contributed by atoms with E-state index in [1.165, 1.54) is 0 Å². The highest BCUT2D eigenvalue weighted by Gasteiger charge is 2.07. The van der Waals surface area contributed by atoms with E-state index in [-0.39, 0.29) is 5.56 Å². The molecule has 82 valence electrons. The summed E-state index contributed by atoms with van der Waals surface area (Å²) in [6, 6.07) is 8.01. The number of H-pyrrole nitrogens is 1. The smallest absolute Gasteiger partial charge is 0.254 e. The monoisotopic (exact) mass is 214 g/mol. The van der Waals surface area contributed by atoms with Crippen LogP contribution in [-0.2, 0) is 0 Å². The molecule has 0 bridgehead atoms. The van der Waals surface area contributed by atoms with Crippen molar-refractivity contribution in [1.82, 2.24) is 9.97 Å². The van der Waals surface area contributed by atoms with Gasteiger partial charge < -0.3 is 4.98 Å². The number of aryl methyl sites for hydroxylation is 2. The molecule has 0 fully saturated rings. The fraction of sp³-hybridized carbons (Fsp3) is 0.231. The number of nitrogens with zero attached hydrogens (tertiary/aromatic N) is 1. The Hall–Kier alpha value is -1.90. The summed E-state index contributed by atoms with van der Waals surface area (Å²) in [5.41, 5.74) is 3.52. The number of hydrogen-bond acceptors (Lipinski definition) is 2. The maximum Gasteiger partial charge on any atom is 0.254 e. The number of nitrogens with one attached hydrogen (secondary N) is 1. The summed E-state index contributed by atoms with van der Waals surface area (Å²) in [7, 11) is 0. The SMILES string of the molecule is Cc1cccc(-c2nc(C)[nH]c(=O)c2C)c1. The average Bonchev–Trinajstić information content (AvgIpc) is 2.23. The molecule has 0 saturated heterocycles. The molecular formula is C13H14N2O. The van der Waals surface area contributed by atoms with E-state index >= 15 is 0 Å². The van der Waals surface area contributed by atoms with Crippen LogP contribution in [0.5, 0.6) is 0 Å². The topological polar surface area (TPSA) is 45.8 Å². The van der Waals surface area contributed by atoms with Crippen LogP contribution in [0.4, 0.5) is 0 Å². The van der Waals surface area contributed by atoms with E-state index in [1.54, 1.807) is 13.8 Å². The van der Waals surface area contributed by atoms with Crippen molar-refractivity contribution in [3.05, 3.63) is 51.6 Å². The van der Waals surface area contributed by atoms with Crippen LogP contribution in [0.3, 0.4) is 0 Å². The molecule has 0 radical (unpaired) electrons. The van der Waals surface area contributed by atoms with E-state index in [4.69, 9.17) is 0 Å². The summed E-state index contributed by atoms with van der Waals surface area (Å²) in [5, 5.41) is 0. The molecule has 0 saturated carbocycles. The second-order valence-corrected chi connectivity index (χ2v) is 3.99. The zero-order valence-electron chi connectivity index (χ0n) is 9.66. The van der Waals surface area contributed by atoms with Gasteiger partial charge in [0.05, 0.1) is 5.69 Å². The minimum Gasteiger partial charge on any atom is -0.311 e. The van der Waals surface area contributed by atoms with Crippen molar-refractivity contribution in [2.45, 2.75) is 20.8 Å². The molecule has 3 nitrogen and oxygen atoms in total. The summed E-state index contributed by atoms with van der Waals surface area (Å²) in [6.45, 7) is 5.61. The first kappa shape index (κ1) is 10.6. The van der Waals surface area contributed by atoms with Crippen LogP contribution in [0.15, 0.2) is 29.1 Å². The van der Waals surface area contributed by atoms with Gasteiger partial charge in [-0.05, 0) is 26.8 Å². The van der Waals surface area contributed by atoms with Gasteiger partial charge in [0.15, 0.2) is 0 Å². The van der Waals surface area contributed by atoms with Gasteiger partial charge in [0.25, 0.3) is 5.56 Å². The quantitative estimate of drug-likeness (QED) is 0.792. The highest BCUT2D eigenvalue weighted by molar-refractivity contribution is 5.63. The fourth-order valence-corrected chi connectivity index (χ4v) is 1.72. The predicted molar refractivity (Wildman–Crippen MR) is 64.5 cm³/mol. The number of hydrogen-bond donors (Lipinski definition) is 1. The van der Waals surface area contributed by atoms with Crippen LogP contribution in [-0.4, -0.2) is 9.97 Å². The molecule has 1 aromatic carbocycles. The molecule has 2 aromatic rings. The lowest BCUT2D eigenvalue weighted by atomic mass is 10.1. The number of aromatic amines is 1. The Morgan fingerprint density at radius 1 is 1.19 bits per heavy atom. The van der Waals surface area contributed by atoms with Crippen molar-refractivity contribution in [3.8, 4) is 11.3 Å². The normalized spacial score (nSPS) is 10.4. The van der Waals surface area contributed by atoms with Crippen molar-refractivity contribution in [3.63, 3.8) is 0 Å². The molecule has 1 N–H and O–H groups in total. The van der Waals surface area contributed by atoms with Gasteiger partial charge in [0.2, 0.25) is 0 Å². The summed E-state index contributed by atoms with van der Waals surface area (Å²) in [5.74, 6) is 0.645. The molecule has 1 aromatic heterocycles. The summed E-state index contributed by atoms with van der Waals surface area (Å²) < 4.78 is 0. The first-order valence-electron chi connectivity index (χ1n) is 5.22. The molecule has 0 atom stereocenters. The van der Waals surface area contributed by atoms with Crippen LogP contribution in [0.2, 0.25) is 0 Å². The molecule has 0 unspecified atom stereocenters. The Labute approximate surface area is 94.2 Å². The van der Waals surface area contributed by atoms with Crippen LogP contribution < -0.4 is 5.56 Å². The van der Waals surface area contributed by atoms with E-state index in [9.17, 15) is 4.79 Å². The second kappa shape index (κ2) is 3.93. The van der Waals surface area contributed by atoms with Crippen LogP contribution in [0, 0.1) is 20.8 Å². The average molecular weight is 214 g/mol. The summed E-state index contributed by atoms with van der Waals surface area (Å²) in [4.78, 5) is 18.7. The first-order chi connectivity index (χ1) is 7.58. The minimum atomic E-state index is -0.0657. The summed E-state index contributed by atoms with van der Waals surface area (Å²) in [6.07, 6.45) is 0. The zero-order valence-corrected chi connectivity index (χ0v) is 9.66. The van der Waals surface area contributed by atoms with Crippen molar-refractivity contribution in [2.24, 2.45) is 0 Å². The molecule has 2 rings (SSSR count). The Morgan fingerprint density at radius 2 is 1.94 bits per heavy atom. The fourth-order valence-electron chi connectivity index (χ4n) is 1.72. The lowest BCUT2D eigenvalue weighted by molar-refractivity contribution is 0.999. The first-order valence-corrected chi connectivity index (χ1v) is 5.22.